The van der Waals surface area contributed by atoms with E-state index in [1.54, 1.807) is 0 Å². The quantitative estimate of drug-likeness (QED) is 0.445. The third-order valence-corrected chi connectivity index (χ3v) is 4.71. The topological polar surface area (TPSA) is 119 Å². The van der Waals surface area contributed by atoms with E-state index in [2.05, 4.69) is 5.43 Å². The fourth-order valence-corrected chi connectivity index (χ4v) is 2.87. The van der Waals surface area contributed by atoms with E-state index in [1.807, 2.05) is 6.92 Å². The molecule has 1 aromatic rings. The highest BCUT2D eigenvalue weighted by Crippen LogP contribution is 2.27. The van der Waals surface area contributed by atoms with Crippen molar-refractivity contribution in [1.82, 2.24) is 4.31 Å². The number of nitrogens with zero attached hydrogens (tertiary/aromatic N) is 2. The first-order valence-electron chi connectivity index (χ1n) is 6.06. The lowest BCUT2D eigenvalue weighted by Gasteiger charge is -2.17. The minimum atomic E-state index is -3.67. The van der Waals surface area contributed by atoms with Gasteiger partial charge in [-0.05, 0) is 18.6 Å². The average Bonchev–Trinajstić information content (AvgIpc) is 2.43. The Morgan fingerprint density at radius 2 is 2.10 bits per heavy atom. The van der Waals surface area contributed by atoms with Crippen LogP contribution < -0.4 is 11.3 Å². The van der Waals surface area contributed by atoms with Crippen LogP contribution in [0, 0.1) is 10.1 Å². The van der Waals surface area contributed by atoms with E-state index >= 15 is 0 Å². The lowest BCUT2D eigenvalue weighted by Crippen LogP contribution is -2.28. The molecule has 9 heteroatoms. The monoisotopic (exact) mass is 302 g/mol. The molecule has 0 bridgehead atoms. The molecule has 112 valence electrons. The number of nitro benzene ring substituents is 1. The van der Waals surface area contributed by atoms with Crippen LogP contribution in [0.4, 0.5) is 11.4 Å². The fraction of sp³-hybridized carbons (Fsp3) is 0.455. The summed E-state index contributed by atoms with van der Waals surface area (Å²) in [6.07, 6.45) is 1.61. The largest absolute Gasteiger partial charge is 0.318 e. The number of nitrogens with two attached hydrogens (primary N) is 1. The first-order valence-corrected chi connectivity index (χ1v) is 7.50. The normalized spacial score (nSPS) is 11.6. The summed E-state index contributed by atoms with van der Waals surface area (Å²) in [5, 5.41) is 10.8. The van der Waals surface area contributed by atoms with Crippen molar-refractivity contribution >= 4 is 21.4 Å². The van der Waals surface area contributed by atoms with Crippen molar-refractivity contribution in [3.63, 3.8) is 0 Å². The van der Waals surface area contributed by atoms with E-state index in [0.717, 1.165) is 25.0 Å². The number of sulfonamides is 1. The molecule has 3 N–H and O–H groups in total. The molecule has 0 saturated carbocycles. The van der Waals surface area contributed by atoms with Gasteiger partial charge in [-0.2, -0.15) is 0 Å². The molecule has 0 amide bonds. The summed E-state index contributed by atoms with van der Waals surface area (Å²) in [7, 11) is -2.20. The number of nitrogen functional groups attached to an aromatic ring is 1. The van der Waals surface area contributed by atoms with Gasteiger partial charge in [-0.25, -0.2) is 12.7 Å². The van der Waals surface area contributed by atoms with Gasteiger partial charge in [0.05, 0.1) is 9.82 Å². The van der Waals surface area contributed by atoms with Crippen molar-refractivity contribution in [2.75, 3.05) is 19.0 Å². The molecule has 0 unspecified atom stereocenters. The predicted molar refractivity (Wildman–Crippen MR) is 75.6 cm³/mol. The number of hydrogen-bond acceptors (Lipinski definition) is 6. The number of benzene rings is 1. The van der Waals surface area contributed by atoms with Gasteiger partial charge in [-0.3, -0.25) is 16.0 Å². The molecule has 0 radical (unpaired) electrons. The van der Waals surface area contributed by atoms with Crippen LogP contribution in [0.3, 0.4) is 0 Å². The maximum atomic E-state index is 12.3. The van der Waals surface area contributed by atoms with Crippen LogP contribution in [0.15, 0.2) is 23.1 Å². The summed E-state index contributed by atoms with van der Waals surface area (Å²) in [6.45, 7) is 2.35. The molecule has 0 aliphatic carbocycles. The average molecular weight is 302 g/mol. The highest BCUT2D eigenvalue weighted by atomic mass is 32.2. The van der Waals surface area contributed by atoms with Crippen molar-refractivity contribution in [2.45, 2.75) is 24.7 Å². The molecule has 0 fully saturated rings. The first kappa shape index (κ1) is 16.3. The van der Waals surface area contributed by atoms with Crippen molar-refractivity contribution in [3.05, 3.63) is 28.3 Å². The number of unbranched alkanes of at least 4 members (excludes halogenated alkanes) is 1. The Morgan fingerprint density at radius 3 is 2.60 bits per heavy atom. The lowest BCUT2D eigenvalue weighted by molar-refractivity contribution is -0.384. The van der Waals surface area contributed by atoms with Crippen LogP contribution in [0.2, 0.25) is 0 Å². The Kier molecular flexibility index (Phi) is 5.43. The summed E-state index contributed by atoms with van der Waals surface area (Å²) in [4.78, 5) is 10.1. The molecule has 0 atom stereocenters. The van der Waals surface area contributed by atoms with E-state index in [-0.39, 0.29) is 16.3 Å². The molecule has 8 nitrogen and oxygen atoms in total. The van der Waals surface area contributed by atoms with Crippen LogP contribution in [0.1, 0.15) is 19.8 Å². The van der Waals surface area contributed by atoms with E-state index < -0.39 is 14.9 Å². The maximum Gasteiger partial charge on any atom is 0.293 e. The molecule has 0 aliphatic heterocycles. The molecule has 1 aromatic carbocycles. The van der Waals surface area contributed by atoms with Gasteiger partial charge >= 0.3 is 0 Å². The zero-order valence-electron chi connectivity index (χ0n) is 11.4. The molecule has 0 aromatic heterocycles. The number of anilines is 1. The van der Waals surface area contributed by atoms with Gasteiger partial charge in [0.25, 0.3) is 5.69 Å². The lowest BCUT2D eigenvalue weighted by atomic mass is 10.3. The van der Waals surface area contributed by atoms with Gasteiger partial charge in [0, 0.05) is 19.7 Å². The van der Waals surface area contributed by atoms with E-state index in [0.29, 0.717) is 6.54 Å². The van der Waals surface area contributed by atoms with E-state index in [4.69, 9.17) is 5.84 Å². The SMILES string of the molecule is CCCCN(C)S(=O)(=O)c1ccc([N+](=O)[O-])c(NN)c1. The molecular formula is C11H18N4O4S. The first-order chi connectivity index (χ1) is 9.34. The minimum absolute atomic E-state index is 0.0327. The number of nitro groups is 1. The molecule has 0 saturated heterocycles. The summed E-state index contributed by atoms with van der Waals surface area (Å²) >= 11 is 0. The van der Waals surface area contributed by atoms with Crippen LogP contribution in [-0.2, 0) is 10.0 Å². The molecule has 1 rings (SSSR count). The van der Waals surface area contributed by atoms with Crippen molar-refractivity contribution in [1.29, 1.82) is 0 Å². The molecular weight excluding hydrogens is 284 g/mol. The highest BCUT2D eigenvalue weighted by Gasteiger charge is 2.23. The van der Waals surface area contributed by atoms with Crippen molar-refractivity contribution in [2.24, 2.45) is 5.84 Å². The number of rotatable bonds is 7. The van der Waals surface area contributed by atoms with E-state index in [9.17, 15) is 18.5 Å². The van der Waals surface area contributed by atoms with Gasteiger partial charge in [-0.15, -0.1) is 0 Å². The standard InChI is InChI=1S/C11H18N4O4S/c1-3-4-7-14(2)20(18,19)9-5-6-11(15(16)17)10(8-9)13-12/h5-6,8,13H,3-4,7,12H2,1-2H3. The third-order valence-electron chi connectivity index (χ3n) is 2.85. The zero-order chi connectivity index (χ0) is 15.3. The Bertz CT molecular complexity index is 588. The molecule has 20 heavy (non-hydrogen) atoms. The second kappa shape index (κ2) is 6.64. The molecule has 0 spiro atoms. The van der Waals surface area contributed by atoms with E-state index in [1.165, 1.54) is 17.4 Å². The second-order valence-electron chi connectivity index (χ2n) is 4.26. The van der Waals surface area contributed by atoms with Crippen molar-refractivity contribution in [3.8, 4) is 0 Å². The molecule has 0 heterocycles. The van der Waals surface area contributed by atoms with Gasteiger partial charge in [0.1, 0.15) is 5.69 Å². The Labute approximate surface area is 117 Å². The number of hydrazine groups is 1. The Hall–Kier alpha value is -1.71. The Morgan fingerprint density at radius 1 is 1.45 bits per heavy atom. The van der Waals surface area contributed by atoms with Gasteiger partial charge in [0.15, 0.2) is 0 Å². The summed E-state index contributed by atoms with van der Waals surface area (Å²) in [5.74, 6) is 5.19. The van der Waals surface area contributed by atoms with Gasteiger partial charge in [0.2, 0.25) is 10.0 Å². The summed E-state index contributed by atoms with van der Waals surface area (Å²) in [5.41, 5.74) is 1.83. The fourth-order valence-electron chi connectivity index (χ4n) is 1.63. The smallest absolute Gasteiger partial charge is 0.293 e. The van der Waals surface area contributed by atoms with Gasteiger partial charge in [-0.1, -0.05) is 13.3 Å². The third kappa shape index (κ3) is 3.44. The zero-order valence-corrected chi connectivity index (χ0v) is 12.2. The molecule has 0 aliphatic rings. The summed E-state index contributed by atoms with van der Waals surface area (Å²) < 4.78 is 25.8. The van der Waals surface area contributed by atoms with Gasteiger partial charge < -0.3 is 5.43 Å². The van der Waals surface area contributed by atoms with Crippen molar-refractivity contribution < 1.29 is 13.3 Å². The maximum absolute atomic E-state index is 12.3. The van der Waals surface area contributed by atoms with Crippen LogP contribution in [0.25, 0.3) is 0 Å². The van der Waals surface area contributed by atoms with Crippen LogP contribution in [0.5, 0.6) is 0 Å². The number of nitrogens with one attached hydrogen (secondary N) is 1. The van der Waals surface area contributed by atoms with Crippen LogP contribution >= 0.6 is 0 Å². The number of hydrogen-bond donors (Lipinski definition) is 2. The second-order valence-corrected chi connectivity index (χ2v) is 6.31. The van der Waals surface area contributed by atoms with Crippen LogP contribution in [-0.4, -0.2) is 31.2 Å². The highest BCUT2D eigenvalue weighted by molar-refractivity contribution is 7.89. The Balaban J connectivity index is 3.16. The summed E-state index contributed by atoms with van der Waals surface area (Å²) in [6, 6.07) is 3.49. The minimum Gasteiger partial charge on any atom is -0.318 e. The predicted octanol–water partition coefficient (Wildman–Crippen LogP) is 1.30.